The van der Waals surface area contributed by atoms with E-state index in [2.05, 4.69) is 17.2 Å². The minimum Gasteiger partial charge on any atom is -0.384 e. The first-order chi connectivity index (χ1) is 9.56. The molecule has 1 aromatic rings. The molecule has 1 atom stereocenters. The van der Waals surface area contributed by atoms with Crippen molar-refractivity contribution in [2.75, 3.05) is 19.0 Å². The number of amides is 1. The van der Waals surface area contributed by atoms with E-state index in [9.17, 15) is 4.79 Å². The van der Waals surface area contributed by atoms with Crippen LogP contribution >= 0.6 is 0 Å². The van der Waals surface area contributed by atoms with Gasteiger partial charge in [0, 0.05) is 19.1 Å². The van der Waals surface area contributed by atoms with Crippen LogP contribution in [0.15, 0.2) is 18.2 Å². The van der Waals surface area contributed by atoms with Crippen LogP contribution in [0.3, 0.4) is 0 Å². The molecular formula is C16H21NO3. The van der Waals surface area contributed by atoms with Gasteiger partial charge >= 0.3 is 0 Å². The fourth-order valence-electron chi connectivity index (χ4n) is 1.67. The fraction of sp³-hybridized carbons (Fsp3) is 0.438. The molecule has 1 unspecified atom stereocenters. The molecule has 0 saturated carbocycles. The molecule has 1 amide bonds. The van der Waals surface area contributed by atoms with Crippen molar-refractivity contribution in [3.05, 3.63) is 29.3 Å². The first-order valence-corrected chi connectivity index (χ1v) is 6.60. The van der Waals surface area contributed by atoms with Gasteiger partial charge in [0.1, 0.15) is 6.61 Å². The number of benzene rings is 1. The summed E-state index contributed by atoms with van der Waals surface area (Å²) in [4.78, 5) is 11.9. The van der Waals surface area contributed by atoms with Crippen molar-refractivity contribution in [2.24, 2.45) is 0 Å². The molecule has 4 nitrogen and oxygen atoms in total. The van der Waals surface area contributed by atoms with Crippen LogP contribution in [0.25, 0.3) is 0 Å². The summed E-state index contributed by atoms with van der Waals surface area (Å²) < 4.78 is 5.12. The predicted molar refractivity (Wildman–Crippen MR) is 79.5 cm³/mol. The van der Waals surface area contributed by atoms with Gasteiger partial charge in [-0.3, -0.25) is 4.79 Å². The highest BCUT2D eigenvalue weighted by molar-refractivity contribution is 5.92. The lowest BCUT2D eigenvalue weighted by atomic mass is 10.1. The maximum absolute atomic E-state index is 11.9. The van der Waals surface area contributed by atoms with Crippen molar-refractivity contribution < 1.29 is 14.6 Å². The Bertz CT molecular complexity index is 514. The highest BCUT2D eigenvalue weighted by Crippen LogP contribution is 2.17. The third kappa shape index (κ3) is 5.43. The van der Waals surface area contributed by atoms with Crippen LogP contribution in [0, 0.1) is 18.8 Å². The average Bonchev–Trinajstić information content (AvgIpc) is 2.44. The summed E-state index contributed by atoms with van der Waals surface area (Å²) in [6.07, 6.45) is 1.13. The molecule has 108 valence electrons. The van der Waals surface area contributed by atoms with Gasteiger partial charge in [0.05, 0.1) is 11.8 Å². The minimum atomic E-state index is -0.202. The Morgan fingerprint density at radius 2 is 2.25 bits per heavy atom. The Hall–Kier alpha value is -1.83. The molecule has 0 aromatic heterocycles. The summed E-state index contributed by atoms with van der Waals surface area (Å²) in [5, 5.41) is 11.6. The number of anilines is 1. The van der Waals surface area contributed by atoms with Gasteiger partial charge in [-0.05, 0) is 38.0 Å². The van der Waals surface area contributed by atoms with E-state index in [-0.39, 0.29) is 18.6 Å². The highest BCUT2D eigenvalue weighted by Gasteiger charge is 2.08. The van der Waals surface area contributed by atoms with Gasteiger partial charge in [0.25, 0.3) is 0 Å². The van der Waals surface area contributed by atoms with E-state index in [0.29, 0.717) is 24.1 Å². The number of nitrogens with one attached hydrogen (secondary N) is 1. The van der Waals surface area contributed by atoms with Crippen molar-refractivity contribution in [3.8, 4) is 11.8 Å². The number of aliphatic hydroxyl groups is 1. The van der Waals surface area contributed by atoms with E-state index in [0.717, 1.165) is 5.56 Å². The van der Waals surface area contributed by atoms with Crippen LogP contribution in [-0.4, -0.2) is 30.8 Å². The third-order valence-electron chi connectivity index (χ3n) is 2.93. The lowest BCUT2D eigenvalue weighted by Crippen LogP contribution is -2.15. The number of aliphatic hydroxyl groups excluding tert-OH is 1. The molecule has 0 saturated heterocycles. The maximum Gasteiger partial charge on any atom is 0.224 e. The van der Waals surface area contributed by atoms with Crippen LogP contribution in [-0.2, 0) is 9.53 Å². The maximum atomic E-state index is 11.9. The number of rotatable bonds is 5. The van der Waals surface area contributed by atoms with Crippen LogP contribution in [0.2, 0.25) is 0 Å². The molecule has 1 rings (SSSR count). The van der Waals surface area contributed by atoms with Crippen molar-refractivity contribution in [2.45, 2.75) is 32.8 Å². The number of hydrogen-bond donors (Lipinski definition) is 2. The summed E-state index contributed by atoms with van der Waals surface area (Å²) in [6, 6.07) is 5.63. The van der Waals surface area contributed by atoms with Crippen LogP contribution in [0.4, 0.5) is 5.69 Å². The Labute approximate surface area is 120 Å². The van der Waals surface area contributed by atoms with E-state index >= 15 is 0 Å². The second-order valence-electron chi connectivity index (χ2n) is 4.64. The van der Waals surface area contributed by atoms with Crippen molar-refractivity contribution in [1.29, 1.82) is 0 Å². The van der Waals surface area contributed by atoms with Gasteiger partial charge in [0.2, 0.25) is 5.91 Å². The summed E-state index contributed by atoms with van der Waals surface area (Å²) in [6.45, 7) is 3.68. The number of ether oxygens (including phenoxy) is 1. The summed E-state index contributed by atoms with van der Waals surface area (Å²) >= 11 is 0. The normalized spacial score (nSPS) is 11.4. The summed E-state index contributed by atoms with van der Waals surface area (Å²) in [7, 11) is 1.63. The number of hydrogen-bond acceptors (Lipinski definition) is 3. The van der Waals surface area contributed by atoms with Gasteiger partial charge in [0.15, 0.2) is 0 Å². The van der Waals surface area contributed by atoms with Crippen molar-refractivity contribution >= 4 is 11.6 Å². The zero-order valence-electron chi connectivity index (χ0n) is 12.2. The fourth-order valence-corrected chi connectivity index (χ4v) is 1.67. The Morgan fingerprint density at radius 1 is 1.50 bits per heavy atom. The number of methoxy groups -OCH3 is 1. The second kappa shape index (κ2) is 8.36. The molecule has 0 fully saturated rings. The zero-order valence-corrected chi connectivity index (χ0v) is 12.2. The second-order valence-corrected chi connectivity index (χ2v) is 4.64. The molecule has 2 N–H and O–H groups in total. The molecule has 0 heterocycles. The van der Waals surface area contributed by atoms with E-state index in [1.165, 1.54) is 0 Å². The number of carbonyl (C=O) groups is 1. The number of aryl methyl sites for hydroxylation is 1. The molecule has 0 aliphatic carbocycles. The summed E-state index contributed by atoms with van der Waals surface area (Å²) in [5.41, 5.74) is 2.43. The molecule has 4 heteroatoms. The molecule has 20 heavy (non-hydrogen) atoms. The van der Waals surface area contributed by atoms with E-state index in [1.807, 2.05) is 32.0 Å². The number of carbonyl (C=O) groups excluding carboxylic acids is 1. The van der Waals surface area contributed by atoms with Crippen LogP contribution < -0.4 is 5.32 Å². The SMILES string of the molecule is COC(C)CCC(=O)Nc1cc(C)ccc1C#CCO. The Kier molecular flexibility index (Phi) is 6.78. The molecule has 0 aliphatic heterocycles. The largest absolute Gasteiger partial charge is 0.384 e. The first-order valence-electron chi connectivity index (χ1n) is 6.60. The third-order valence-corrected chi connectivity index (χ3v) is 2.93. The van der Waals surface area contributed by atoms with Gasteiger partial charge in [-0.25, -0.2) is 0 Å². The standard InChI is InChI=1S/C16H21NO3/c1-12-6-8-14(5-4-10-18)15(11-12)17-16(19)9-7-13(2)20-3/h6,8,11,13,18H,7,9-10H2,1-3H3,(H,17,19). The van der Waals surface area contributed by atoms with Crippen molar-refractivity contribution in [1.82, 2.24) is 0 Å². The Morgan fingerprint density at radius 3 is 2.90 bits per heavy atom. The minimum absolute atomic E-state index is 0.0620. The van der Waals surface area contributed by atoms with Gasteiger partial charge in [-0.15, -0.1) is 0 Å². The lowest BCUT2D eigenvalue weighted by molar-refractivity contribution is -0.116. The lowest BCUT2D eigenvalue weighted by Gasteiger charge is -2.11. The highest BCUT2D eigenvalue weighted by atomic mass is 16.5. The molecule has 0 bridgehead atoms. The van der Waals surface area contributed by atoms with E-state index < -0.39 is 0 Å². The smallest absolute Gasteiger partial charge is 0.224 e. The van der Waals surface area contributed by atoms with Crippen LogP contribution in [0.1, 0.15) is 30.9 Å². The molecule has 0 aliphatic rings. The quantitative estimate of drug-likeness (QED) is 0.809. The van der Waals surface area contributed by atoms with Gasteiger partial charge in [-0.2, -0.15) is 0 Å². The summed E-state index contributed by atoms with van der Waals surface area (Å²) in [5.74, 6) is 5.36. The van der Waals surface area contributed by atoms with Gasteiger partial charge < -0.3 is 15.2 Å². The zero-order chi connectivity index (χ0) is 15.0. The Balaban J connectivity index is 2.75. The van der Waals surface area contributed by atoms with Gasteiger partial charge in [-0.1, -0.05) is 17.9 Å². The predicted octanol–water partition coefficient (Wildman–Crippen LogP) is 2.09. The molecular weight excluding hydrogens is 254 g/mol. The first kappa shape index (κ1) is 16.2. The van der Waals surface area contributed by atoms with Crippen molar-refractivity contribution in [3.63, 3.8) is 0 Å². The van der Waals surface area contributed by atoms with Crippen LogP contribution in [0.5, 0.6) is 0 Å². The molecule has 1 aromatic carbocycles. The molecule has 0 radical (unpaired) electrons. The average molecular weight is 275 g/mol. The van der Waals surface area contributed by atoms with E-state index in [4.69, 9.17) is 9.84 Å². The molecule has 0 spiro atoms. The topological polar surface area (TPSA) is 58.6 Å². The van der Waals surface area contributed by atoms with E-state index in [1.54, 1.807) is 7.11 Å². The monoisotopic (exact) mass is 275 g/mol.